The molecule has 0 fully saturated rings. The topological polar surface area (TPSA) is 71.1 Å². The molecule has 0 saturated carbocycles. The van der Waals surface area contributed by atoms with Gasteiger partial charge in [-0.2, -0.15) is 11.3 Å². The van der Waals surface area contributed by atoms with Gasteiger partial charge >= 0.3 is 0 Å². The third-order valence-corrected chi connectivity index (χ3v) is 3.29. The van der Waals surface area contributed by atoms with E-state index in [1.54, 1.807) is 23.7 Å². The van der Waals surface area contributed by atoms with E-state index in [4.69, 9.17) is 0 Å². The molecule has 0 atom stereocenters. The molecule has 0 aliphatic rings. The Morgan fingerprint density at radius 1 is 1.35 bits per heavy atom. The van der Waals surface area contributed by atoms with Gasteiger partial charge in [0.1, 0.15) is 5.82 Å². The van der Waals surface area contributed by atoms with Crippen LogP contribution in [0.4, 0.5) is 5.82 Å². The highest BCUT2D eigenvalue weighted by Crippen LogP contribution is 2.06. The Hall–Kier alpha value is -2.21. The standard InChI is InChI=1S/C14H15N3O2S/c1-10-2-5-15-12(8-10)17-13(18)3-6-16-14(19)11-4-7-20-9-11/h2,4-5,7-9H,3,6H2,1H3,(H,16,19)(H,15,17,18). The zero-order valence-electron chi connectivity index (χ0n) is 11.1. The van der Waals surface area contributed by atoms with Gasteiger partial charge in [0.15, 0.2) is 0 Å². The summed E-state index contributed by atoms with van der Waals surface area (Å²) in [6.07, 6.45) is 1.86. The second-order valence-electron chi connectivity index (χ2n) is 4.28. The van der Waals surface area contributed by atoms with E-state index in [1.807, 2.05) is 18.4 Å². The molecule has 2 amide bonds. The molecule has 20 heavy (non-hydrogen) atoms. The van der Waals surface area contributed by atoms with Crippen molar-refractivity contribution in [3.63, 3.8) is 0 Å². The molecule has 0 aliphatic carbocycles. The molecule has 2 N–H and O–H groups in total. The van der Waals surface area contributed by atoms with Crippen LogP contribution in [0.25, 0.3) is 0 Å². The lowest BCUT2D eigenvalue weighted by atomic mass is 10.3. The molecule has 2 aromatic heterocycles. The van der Waals surface area contributed by atoms with Crippen molar-refractivity contribution < 1.29 is 9.59 Å². The first-order valence-corrected chi connectivity index (χ1v) is 7.12. The second kappa shape index (κ2) is 6.81. The van der Waals surface area contributed by atoms with Gasteiger partial charge in [0.05, 0.1) is 0 Å². The molecular weight excluding hydrogens is 274 g/mol. The third kappa shape index (κ3) is 4.17. The van der Waals surface area contributed by atoms with Crippen molar-refractivity contribution in [1.29, 1.82) is 0 Å². The fourth-order valence-electron chi connectivity index (χ4n) is 1.60. The maximum Gasteiger partial charge on any atom is 0.252 e. The fourth-order valence-corrected chi connectivity index (χ4v) is 2.23. The molecule has 0 radical (unpaired) electrons. The highest BCUT2D eigenvalue weighted by Gasteiger charge is 2.07. The number of nitrogens with one attached hydrogen (secondary N) is 2. The smallest absolute Gasteiger partial charge is 0.252 e. The molecule has 0 saturated heterocycles. The van der Waals surface area contributed by atoms with Crippen molar-refractivity contribution in [3.8, 4) is 0 Å². The van der Waals surface area contributed by atoms with Gasteiger partial charge in [0.2, 0.25) is 5.91 Å². The summed E-state index contributed by atoms with van der Waals surface area (Å²) in [7, 11) is 0. The summed E-state index contributed by atoms with van der Waals surface area (Å²) in [4.78, 5) is 27.4. The van der Waals surface area contributed by atoms with Gasteiger partial charge in [0.25, 0.3) is 5.91 Å². The Bertz CT molecular complexity index is 596. The number of hydrogen-bond donors (Lipinski definition) is 2. The van der Waals surface area contributed by atoms with Gasteiger partial charge in [-0.05, 0) is 36.1 Å². The first-order valence-electron chi connectivity index (χ1n) is 6.18. The Kier molecular flexibility index (Phi) is 4.84. The van der Waals surface area contributed by atoms with E-state index in [0.29, 0.717) is 17.9 Å². The first kappa shape index (κ1) is 14.2. The molecule has 2 heterocycles. The first-order chi connectivity index (χ1) is 9.65. The highest BCUT2D eigenvalue weighted by molar-refractivity contribution is 7.08. The average molecular weight is 289 g/mol. The Balaban J connectivity index is 1.74. The molecule has 0 aliphatic heterocycles. The van der Waals surface area contributed by atoms with Gasteiger partial charge in [0, 0.05) is 30.1 Å². The molecule has 104 valence electrons. The molecule has 5 nitrogen and oxygen atoms in total. The number of hydrogen-bond acceptors (Lipinski definition) is 4. The predicted octanol–water partition coefficient (Wildman–Crippen LogP) is 2.21. The van der Waals surface area contributed by atoms with Gasteiger partial charge in [-0.1, -0.05) is 0 Å². The van der Waals surface area contributed by atoms with Crippen molar-refractivity contribution in [2.75, 3.05) is 11.9 Å². The van der Waals surface area contributed by atoms with Crippen LogP contribution in [0.2, 0.25) is 0 Å². The Morgan fingerprint density at radius 3 is 2.90 bits per heavy atom. The molecule has 2 aromatic rings. The number of aromatic nitrogens is 1. The van der Waals surface area contributed by atoms with Gasteiger partial charge in [-0.15, -0.1) is 0 Å². The highest BCUT2D eigenvalue weighted by atomic mass is 32.1. The van der Waals surface area contributed by atoms with Crippen molar-refractivity contribution >= 4 is 29.0 Å². The summed E-state index contributed by atoms with van der Waals surface area (Å²) < 4.78 is 0. The van der Waals surface area contributed by atoms with Gasteiger partial charge in [-0.25, -0.2) is 4.98 Å². The zero-order chi connectivity index (χ0) is 14.4. The van der Waals surface area contributed by atoms with Crippen LogP contribution in [0.5, 0.6) is 0 Å². The number of nitrogens with zero attached hydrogens (tertiary/aromatic N) is 1. The van der Waals surface area contributed by atoms with Gasteiger partial charge < -0.3 is 10.6 Å². The quantitative estimate of drug-likeness (QED) is 0.886. The summed E-state index contributed by atoms with van der Waals surface area (Å²) in [5.41, 5.74) is 1.65. The van der Waals surface area contributed by atoms with E-state index >= 15 is 0 Å². The summed E-state index contributed by atoms with van der Waals surface area (Å²) in [5.74, 6) is 0.195. The summed E-state index contributed by atoms with van der Waals surface area (Å²) >= 11 is 1.46. The predicted molar refractivity (Wildman–Crippen MR) is 78.9 cm³/mol. The van der Waals surface area contributed by atoms with Crippen LogP contribution >= 0.6 is 11.3 Å². The third-order valence-electron chi connectivity index (χ3n) is 2.60. The molecule has 0 bridgehead atoms. The number of amides is 2. The zero-order valence-corrected chi connectivity index (χ0v) is 11.9. The van der Waals surface area contributed by atoms with Crippen molar-refractivity contribution in [1.82, 2.24) is 10.3 Å². The summed E-state index contributed by atoms with van der Waals surface area (Å²) in [5, 5.41) is 9.00. The van der Waals surface area contributed by atoms with Crippen LogP contribution in [-0.2, 0) is 4.79 Å². The number of carbonyl (C=O) groups excluding carboxylic acids is 2. The molecule has 0 unspecified atom stereocenters. The Morgan fingerprint density at radius 2 is 2.20 bits per heavy atom. The van der Waals surface area contributed by atoms with E-state index in [2.05, 4.69) is 15.6 Å². The number of pyridine rings is 1. The normalized spacial score (nSPS) is 10.1. The molecule has 0 aromatic carbocycles. The van der Waals surface area contributed by atoms with Crippen LogP contribution in [-0.4, -0.2) is 23.3 Å². The monoisotopic (exact) mass is 289 g/mol. The van der Waals surface area contributed by atoms with E-state index in [9.17, 15) is 9.59 Å². The lowest BCUT2D eigenvalue weighted by Gasteiger charge is -2.06. The number of carbonyl (C=O) groups is 2. The van der Waals surface area contributed by atoms with Crippen LogP contribution < -0.4 is 10.6 Å². The second-order valence-corrected chi connectivity index (χ2v) is 5.06. The Labute approximate surface area is 121 Å². The van der Waals surface area contributed by atoms with Crippen molar-refractivity contribution in [2.45, 2.75) is 13.3 Å². The van der Waals surface area contributed by atoms with Crippen LogP contribution in [0.1, 0.15) is 22.3 Å². The minimum Gasteiger partial charge on any atom is -0.351 e. The van der Waals surface area contributed by atoms with Gasteiger partial charge in [-0.3, -0.25) is 9.59 Å². The van der Waals surface area contributed by atoms with Crippen LogP contribution in [0, 0.1) is 6.92 Å². The lowest BCUT2D eigenvalue weighted by Crippen LogP contribution is -2.27. The molecule has 2 rings (SSSR count). The number of thiophene rings is 1. The van der Waals surface area contributed by atoms with E-state index in [1.165, 1.54) is 11.3 Å². The van der Waals surface area contributed by atoms with E-state index in [0.717, 1.165) is 5.56 Å². The van der Waals surface area contributed by atoms with E-state index in [-0.39, 0.29) is 18.2 Å². The van der Waals surface area contributed by atoms with Crippen LogP contribution in [0.15, 0.2) is 35.2 Å². The lowest BCUT2D eigenvalue weighted by molar-refractivity contribution is -0.116. The minimum absolute atomic E-state index is 0.160. The van der Waals surface area contributed by atoms with Crippen molar-refractivity contribution in [2.24, 2.45) is 0 Å². The largest absolute Gasteiger partial charge is 0.351 e. The number of anilines is 1. The molecular formula is C14H15N3O2S. The fraction of sp³-hybridized carbons (Fsp3) is 0.214. The van der Waals surface area contributed by atoms with Crippen LogP contribution in [0.3, 0.4) is 0 Å². The van der Waals surface area contributed by atoms with Crippen molar-refractivity contribution in [3.05, 3.63) is 46.3 Å². The summed E-state index contributed by atoms with van der Waals surface area (Å²) in [6, 6.07) is 5.40. The van der Waals surface area contributed by atoms with E-state index < -0.39 is 0 Å². The number of rotatable bonds is 5. The number of aryl methyl sites for hydroxylation is 1. The SMILES string of the molecule is Cc1ccnc(NC(=O)CCNC(=O)c2ccsc2)c1. The minimum atomic E-state index is -0.172. The maximum absolute atomic E-state index is 11.7. The maximum atomic E-state index is 11.7. The summed E-state index contributed by atoms with van der Waals surface area (Å²) in [6.45, 7) is 2.23. The average Bonchev–Trinajstić information content (AvgIpc) is 2.92. The molecule has 0 spiro atoms. The molecule has 6 heteroatoms.